The molecule has 0 aliphatic heterocycles. The lowest BCUT2D eigenvalue weighted by Gasteiger charge is -2.09. The van der Waals surface area contributed by atoms with Crippen LogP contribution in [0.4, 0.5) is 13.2 Å². The van der Waals surface area contributed by atoms with Crippen molar-refractivity contribution in [2.75, 3.05) is 0 Å². The number of carbonyl (C=O) groups is 1. The second kappa shape index (κ2) is 4.30. The highest BCUT2D eigenvalue weighted by Crippen LogP contribution is 2.38. The predicted molar refractivity (Wildman–Crippen MR) is 55.6 cm³/mol. The van der Waals surface area contributed by atoms with Crippen LogP contribution < -0.4 is 0 Å². The molecule has 0 aliphatic rings. The van der Waals surface area contributed by atoms with Gasteiger partial charge in [-0.05, 0) is 18.2 Å². The summed E-state index contributed by atoms with van der Waals surface area (Å²) in [6, 6.07) is 3.66. The first-order chi connectivity index (χ1) is 8.79. The third kappa shape index (κ3) is 2.51. The largest absolute Gasteiger partial charge is 0.507 e. The summed E-state index contributed by atoms with van der Waals surface area (Å²) in [6.07, 6.45) is -4.73. The SMILES string of the molecule is O=C(O)c1cc(-c2ccc(O)c(C(F)(F)F)c2)on1. The van der Waals surface area contributed by atoms with E-state index in [1.807, 2.05) is 0 Å². The zero-order valence-electron chi connectivity index (χ0n) is 9.10. The molecule has 0 aliphatic carbocycles. The molecule has 0 fully saturated rings. The van der Waals surface area contributed by atoms with Gasteiger partial charge in [-0.1, -0.05) is 5.16 Å². The number of hydrogen-bond donors (Lipinski definition) is 2. The van der Waals surface area contributed by atoms with Gasteiger partial charge < -0.3 is 14.7 Å². The highest BCUT2D eigenvalue weighted by molar-refractivity contribution is 5.86. The van der Waals surface area contributed by atoms with E-state index in [4.69, 9.17) is 10.2 Å². The van der Waals surface area contributed by atoms with E-state index in [-0.39, 0.29) is 11.3 Å². The number of phenols is 1. The van der Waals surface area contributed by atoms with Gasteiger partial charge in [0.25, 0.3) is 0 Å². The molecular formula is C11H6F3NO4. The molecule has 0 unspecified atom stereocenters. The van der Waals surface area contributed by atoms with Crippen LogP contribution in [0.1, 0.15) is 16.1 Å². The average molecular weight is 273 g/mol. The number of aromatic hydroxyl groups is 1. The highest BCUT2D eigenvalue weighted by atomic mass is 19.4. The number of hydrogen-bond acceptors (Lipinski definition) is 4. The van der Waals surface area contributed by atoms with Crippen LogP contribution in [-0.4, -0.2) is 21.3 Å². The second-order valence-corrected chi connectivity index (χ2v) is 3.61. The van der Waals surface area contributed by atoms with Crippen molar-refractivity contribution in [2.45, 2.75) is 6.18 Å². The molecule has 0 radical (unpaired) electrons. The monoisotopic (exact) mass is 273 g/mol. The van der Waals surface area contributed by atoms with Crippen LogP contribution in [0.25, 0.3) is 11.3 Å². The Labute approximate surface area is 103 Å². The molecule has 1 heterocycles. The van der Waals surface area contributed by atoms with Crippen molar-refractivity contribution in [3.63, 3.8) is 0 Å². The number of benzene rings is 1. The first-order valence-corrected chi connectivity index (χ1v) is 4.89. The third-order valence-corrected chi connectivity index (χ3v) is 2.32. The minimum absolute atomic E-state index is 0.0369. The summed E-state index contributed by atoms with van der Waals surface area (Å²) in [4.78, 5) is 10.6. The number of aromatic nitrogens is 1. The van der Waals surface area contributed by atoms with Gasteiger partial charge >= 0.3 is 12.1 Å². The molecule has 5 nitrogen and oxygen atoms in total. The van der Waals surface area contributed by atoms with Crippen molar-refractivity contribution < 1.29 is 32.7 Å². The standard InChI is InChI=1S/C11H6F3NO4/c12-11(13,14)6-3-5(1-2-8(6)16)9-4-7(10(17)18)15-19-9/h1-4,16H,(H,17,18). The van der Waals surface area contributed by atoms with Gasteiger partial charge in [0.2, 0.25) is 0 Å². The van der Waals surface area contributed by atoms with Crippen molar-refractivity contribution in [2.24, 2.45) is 0 Å². The van der Waals surface area contributed by atoms with E-state index in [0.29, 0.717) is 6.07 Å². The summed E-state index contributed by atoms with van der Waals surface area (Å²) in [5.41, 5.74) is -1.69. The Kier molecular flexibility index (Phi) is 2.93. The summed E-state index contributed by atoms with van der Waals surface area (Å²) in [7, 11) is 0. The Hall–Kier alpha value is -2.51. The number of aromatic carboxylic acids is 1. The average Bonchev–Trinajstić information content (AvgIpc) is 2.77. The van der Waals surface area contributed by atoms with E-state index < -0.39 is 29.2 Å². The molecule has 2 N–H and O–H groups in total. The van der Waals surface area contributed by atoms with Gasteiger partial charge in [0.05, 0.1) is 5.56 Å². The van der Waals surface area contributed by atoms with Crippen LogP contribution in [0, 0.1) is 0 Å². The maximum atomic E-state index is 12.6. The summed E-state index contributed by atoms with van der Waals surface area (Å²) in [5.74, 6) is -2.41. The summed E-state index contributed by atoms with van der Waals surface area (Å²) in [6.45, 7) is 0. The fourth-order valence-corrected chi connectivity index (χ4v) is 1.43. The maximum absolute atomic E-state index is 12.6. The molecule has 2 rings (SSSR count). The van der Waals surface area contributed by atoms with Crippen LogP contribution in [-0.2, 0) is 6.18 Å². The normalized spacial score (nSPS) is 11.5. The quantitative estimate of drug-likeness (QED) is 0.878. The Morgan fingerprint density at radius 3 is 2.47 bits per heavy atom. The molecule has 0 atom stereocenters. The van der Waals surface area contributed by atoms with Gasteiger partial charge in [0.15, 0.2) is 11.5 Å². The molecule has 8 heteroatoms. The minimum Gasteiger partial charge on any atom is -0.507 e. The number of phenolic OH excluding ortho intramolecular Hbond substituents is 1. The molecule has 0 saturated heterocycles. The number of nitrogens with zero attached hydrogens (tertiary/aromatic N) is 1. The smallest absolute Gasteiger partial charge is 0.419 e. The minimum atomic E-state index is -4.73. The number of rotatable bonds is 2. The Morgan fingerprint density at radius 2 is 1.95 bits per heavy atom. The Balaban J connectivity index is 2.48. The van der Waals surface area contributed by atoms with E-state index >= 15 is 0 Å². The number of halogens is 3. The van der Waals surface area contributed by atoms with E-state index in [0.717, 1.165) is 18.2 Å². The van der Waals surface area contributed by atoms with Crippen LogP contribution in [0.15, 0.2) is 28.8 Å². The molecule has 1 aromatic heterocycles. The number of alkyl halides is 3. The number of carboxylic acid groups (broad SMARTS) is 1. The van der Waals surface area contributed by atoms with Gasteiger partial charge in [-0.3, -0.25) is 0 Å². The molecule has 2 aromatic rings. The molecule has 100 valence electrons. The zero-order chi connectivity index (χ0) is 14.2. The zero-order valence-corrected chi connectivity index (χ0v) is 9.10. The lowest BCUT2D eigenvalue weighted by molar-refractivity contribution is -0.138. The molecule has 1 aromatic carbocycles. The molecule has 0 amide bonds. The van der Waals surface area contributed by atoms with Gasteiger partial charge in [0, 0.05) is 11.6 Å². The first kappa shape index (κ1) is 12.9. The van der Waals surface area contributed by atoms with E-state index in [1.165, 1.54) is 0 Å². The molecule has 0 spiro atoms. The molecular weight excluding hydrogens is 267 g/mol. The van der Waals surface area contributed by atoms with E-state index in [9.17, 15) is 18.0 Å². The fraction of sp³-hybridized carbons (Fsp3) is 0.0909. The lowest BCUT2D eigenvalue weighted by Crippen LogP contribution is -2.05. The van der Waals surface area contributed by atoms with Crippen LogP contribution in [0.5, 0.6) is 5.75 Å². The first-order valence-electron chi connectivity index (χ1n) is 4.89. The van der Waals surface area contributed by atoms with Crippen molar-refractivity contribution in [1.29, 1.82) is 0 Å². The summed E-state index contributed by atoms with van der Waals surface area (Å²) >= 11 is 0. The van der Waals surface area contributed by atoms with Crippen LogP contribution in [0.3, 0.4) is 0 Å². The van der Waals surface area contributed by atoms with Gasteiger partial charge in [0.1, 0.15) is 5.75 Å². The maximum Gasteiger partial charge on any atom is 0.419 e. The van der Waals surface area contributed by atoms with E-state index in [2.05, 4.69) is 9.68 Å². The highest BCUT2D eigenvalue weighted by Gasteiger charge is 2.34. The van der Waals surface area contributed by atoms with Crippen molar-refractivity contribution in [3.05, 3.63) is 35.5 Å². The number of carboxylic acids is 1. The Bertz CT molecular complexity index is 633. The summed E-state index contributed by atoms with van der Waals surface area (Å²) < 4.78 is 42.4. The molecule has 0 bridgehead atoms. The molecule has 0 saturated carbocycles. The topological polar surface area (TPSA) is 83.6 Å². The van der Waals surface area contributed by atoms with E-state index in [1.54, 1.807) is 0 Å². The van der Waals surface area contributed by atoms with Crippen molar-refractivity contribution in [3.8, 4) is 17.1 Å². The van der Waals surface area contributed by atoms with Crippen molar-refractivity contribution >= 4 is 5.97 Å². The lowest BCUT2D eigenvalue weighted by atomic mass is 10.1. The van der Waals surface area contributed by atoms with Crippen LogP contribution in [0.2, 0.25) is 0 Å². The van der Waals surface area contributed by atoms with Gasteiger partial charge in [-0.15, -0.1) is 0 Å². The predicted octanol–water partition coefficient (Wildman–Crippen LogP) is 2.76. The molecule has 19 heavy (non-hydrogen) atoms. The van der Waals surface area contributed by atoms with Gasteiger partial charge in [-0.2, -0.15) is 13.2 Å². The van der Waals surface area contributed by atoms with Crippen molar-refractivity contribution in [1.82, 2.24) is 5.16 Å². The fourth-order valence-electron chi connectivity index (χ4n) is 1.43. The summed E-state index contributed by atoms with van der Waals surface area (Å²) in [5, 5.41) is 21.0. The second-order valence-electron chi connectivity index (χ2n) is 3.61. The Morgan fingerprint density at radius 1 is 1.26 bits per heavy atom. The van der Waals surface area contributed by atoms with Crippen LogP contribution >= 0.6 is 0 Å². The van der Waals surface area contributed by atoms with Gasteiger partial charge in [-0.25, -0.2) is 4.79 Å². The third-order valence-electron chi connectivity index (χ3n) is 2.32.